The standard InChI is InChI=1S/C15H20N2O2.ClH/c1-3-19-15(18)17-9-13-10(2)5-4-6-11(13)12-7-16-8-14(12)17;/h4-6,12,14,16H,3,7-9H2,1-2H3;1H/t12-,14+;/m0./s1. The molecule has 0 aromatic heterocycles. The van der Waals surface area contributed by atoms with Gasteiger partial charge in [-0.1, -0.05) is 18.2 Å². The van der Waals surface area contributed by atoms with Crippen molar-refractivity contribution in [2.24, 2.45) is 0 Å². The first-order chi connectivity index (χ1) is 9.22. The summed E-state index contributed by atoms with van der Waals surface area (Å²) >= 11 is 0. The number of halogens is 1. The number of benzene rings is 1. The van der Waals surface area contributed by atoms with E-state index in [1.807, 2.05) is 11.8 Å². The number of ether oxygens (including phenoxy) is 1. The molecule has 4 nitrogen and oxygen atoms in total. The topological polar surface area (TPSA) is 41.6 Å². The molecule has 1 fully saturated rings. The van der Waals surface area contributed by atoms with Crippen LogP contribution in [0.15, 0.2) is 18.2 Å². The van der Waals surface area contributed by atoms with Crippen LogP contribution in [-0.2, 0) is 11.3 Å². The quantitative estimate of drug-likeness (QED) is 0.865. The van der Waals surface area contributed by atoms with Crippen LogP contribution in [0.3, 0.4) is 0 Å². The van der Waals surface area contributed by atoms with Crippen molar-refractivity contribution < 1.29 is 9.53 Å². The molecule has 2 aliphatic heterocycles. The van der Waals surface area contributed by atoms with E-state index in [1.54, 1.807) is 0 Å². The van der Waals surface area contributed by atoms with Crippen LogP contribution in [0.2, 0.25) is 0 Å². The predicted molar refractivity (Wildman–Crippen MR) is 80.4 cm³/mol. The Morgan fingerprint density at radius 1 is 1.45 bits per heavy atom. The molecule has 2 atom stereocenters. The molecule has 1 N–H and O–H groups in total. The Morgan fingerprint density at radius 2 is 2.25 bits per heavy atom. The number of rotatable bonds is 1. The molecule has 1 aromatic rings. The first-order valence-corrected chi connectivity index (χ1v) is 6.95. The average molecular weight is 297 g/mol. The predicted octanol–water partition coefficient (Wildman–Crippen LogP) is 2.44. The van der Waals surface area contributed by atoms with Crippen molar-refractivity contribution in [2.45, 2.75) is 32.4 Å². The zero-order valence-corrected chi connectivity index (χ0v) is 12.7. The van der Waals surface area contributed by atoms with Gasteiger partial charge in [0.1, 0.15) is 0 Å². The summed E-state index contributed by atoms with van der Waals surface area (Å²) in [5, 5.41) is 3.40. The lowest BCUT2D eigenvalue weighted by molar-refractivity contribution is 0.0824. The number of hydrogen-bond donors (Lipinski definition) is 1. The number of aryl methyl sites for hydroxylation is 1. The van der Waals surface area contributed by atoms with Crippen molar-refractivity contribution in [2.75, 3.05) is 19.7 Å². The maximum Gasteiger partial charge on any atom is 0.410 e. The second-order valence-corrected chi connectivity index (χ2v) is 5.30. The van der Waals surface area contributed by atoms with Crippen LogP contribution in [0.25, 0.3) is 0 Å². The van der Waals surface area contributed by atoms with Gasteiger partial charge in [-0.15, -0.1) is 12.4 Å². The van der Waals surface area contributed by atoms with Gasteiger partial charge in [0.25, 0.3) is 0 Å². The number of carbonyl (C=O) groups is 1. The third-order valence-corrected chi connectivity index (χ3v) is 4.26. The summed E-state index contributed by atoms with van der Waals surface area (Å²) < 4.78 is 5.20. The fourth-order valence-electron chi connectivity index (χ4n) is 3.29. The highest BCUT2D eigenvalue weighted by Gasteiger charge is 2.41. The molecule has 0 spiro atoms. The minimum Gasteiger partial charge on any atom is -0.450 e. The molecular formula is C15H21ClN2O2. The van der Waals surface area contributed by atoms with E-state index >= 15 is 0 Å². The highest BCUT2D eigenvalue weighted by molar-refractivity contribution is 5.85. The van der Waals surface area contributed by atoms with Crippen molar-refractivity contribution in [3.05, 3.63) is 34.9 Å². The summed E-state index contributed by atoms with van der Waals surface area (Å²) in [7, 11) is 0. The SMILES string of the molecule is CCOC(=O)N1Cc2c(C)cccc2[C@@H]2CNC[C@H]21.Cl. The van der Waals surface area contributed by atoms with Gasteiger partial charge in [0.2, 0.25) is 0 Å². The average Bonchev–Trinajstić information content (AvgIpc) is 2.88. The minimum atomic E-state index is -0.185. The normalized spacial score (nSPS) is 23.6. The van der Waals surface area contributed by atoms with Gasteiger partial charge in [0.05, 0.1) is 12.6 Å². The highest BCUT2D eigenvalue weighted by atomic mass is 35.5. The fraction of sp³-hybridized carbons (Fsp3) is 0.533. The molecule has 0 saturated carbocycles. The second-order valence-electron chi connectivity index (χ2n) is 5.30. The van der Waals surface area contributed by atoms with Crippen molar-refractivity contribution in [3.8, 4) is 0 Å². The summed E-state index contributed by atoms with van der Waals surface area (Å²) in [6, 6.07) is 6.66. The van der Waals surface area contributed by atoms with Gasteiger partial charge in [-0.2, -0.15) is 0 Å². The van der Waals surface area contributed by atoms with E-state index in [4.69, 9.17) is 4.74 Å². The van der Waals surface area contributed by atoms with Gasteiger partial charge < -0.3 is 10.1 Å². The van der Waals surface area contributed by atoms with Gasteiger partial charge in [0.15, 0.2) is 0 Å². The Labute approximate surface area is 125 Å². The lowest BCUT2D eigenvalue weighted by Gasteiger charge is -2.38. The molecular weight excluding hydrogens is 276 g/mol. The Hall–Kier alpha value is -1.26. The lowest BCUT2D eigenvalue weighted by Crippen LogP contribution is -2.47. The molecule has 0 radical (unpaired) electrons. The van der Waals surface area contributed by atoms with Crippen molar-refractivity contribution >= 4 is 18.5 Å². The first kappa shape index (κ1) is 15.1. The van der Waals surface area contributed by atoms with E-state index in [0.717, 1.165) is 13.1 Å². The van der Waals surface area contributed by atoms with Crippen molar-refractivity contribution in [1.82, 2.24) is 10.2 Å². The van der Waals surface area contributed by atoms with Crippen LogP contribution in [0, 0.1) is 6.92 Å². The summed E-state index contributed by atoms with van der Waals surface area (Å²) in [4.78, 5) is 14.0. The monoisotopic (exact) mass is 296 g/mol. The molecule has 0 aliphatic carbocycles. The molecule has 2 heterocycles. The van der Waals surface area contributed by atoms with Gasteiger partial charge >= 0.3 is 6.09 Å². The number of nitrogens with zero attached hydrogens (tertiary/aromatic N) is 1. The van der Waals surface area contributed by atoms with Crippen molar-refractivity contribution in [3.63, 3.8) is 0 Å². The Kier molecular flexibility index (Phi) is 4.55. The highest BCUT2D eigenvalue weighted by Crippen LogP contribution is 2.37. The van der Waals surface area contributed by atoms with Gasteiger partial charge in [-0.3, -0.25) is 4.90 Å². The van der Waals surface area contributed by atoms with E-state index in [9.17, 15) is 4.79 Å². The third kappa shape index (κ3) is 2.38. The number of hydrogen-bond acceptors (Lipinski definition) is 3. The zero-order valence-electron chi connectivity index (χ0n) is 11.9. The summed E-state index contributed by atoms with van der Waals surface area (Å²) in [6.07, 6.45) is -0.185. The van der Waals surface area contributed by atoms with Gasteiger partial charge in [0, 0.05) is 25.6 Å². The maximum absolute atomic E-state index is 12.1. The number of nitrogens with one attached hydrogen (secondary N) is 1. The maximum atomic E-state index is 12.1. The molecule has 20 heavy (non-hydrogen) atoms. The van der Waals surface area contributed by atoms with Crippen LogP contribution < -0.4 is 5.32 Å². The number of fused-ring (bicyclic) bond motifs is 3. The molecule has 2 aliphatic rings. The second kappa shape index (κ2) is 6.02. The Balaban J connectivity index is 0.00000147. The van der Waals surface area contributed by atoms with Crippen LogP contribution in [-0.4, -0.2) is 36.7 Å². The molecule has 0 unspecified atom stereocenters. The van der Waals surface area contributed by atoms with Crippen LogP contribution in [0.4, 0.5) is 4.79 Å². The summed E-state index contributed by atoms with van der Waals surface area (Å²) in [5.41, 5.74) is 3.95. The molecule has 1 aromatic carbocycles. The smallest absolute Gasteiger partial charge is 0.410 e. The summed E-state index contributed by atoms with van der Waals surface area (Å²) in [5.74, 6) is 0.396. The molecule has 110 valence electrons. The largest absolute Gasteiger partial charge is 0.450 e. The van der Waals surface area contributed by atoms with Gasteiger partial charge in [-0.25, -0.2) is 4.79 Å². The third-order valence-electron chi connectivity index (χ3n) is 4.26. The molecule has 3 rings (SSSR count). The van der Waals surface area contributed by atoms with Crippen LogP contribution in [0.1, 0.15) is 29.5 Å². The fourth-order valence-corrected chi connectivity index (χ4v) is 3.29. The molecule has 0 bridgehead atoms. The Morgan fingerprint density at radius 3 is 3.00 bits per heavy atom. The van der Waals surface area contributed by atoms with Crippen molar-refractivity contribution in [1.29, 1.82) is 0 Å². The zero-order chi connectivity index (χ0) is 13.4. The van der Waals surface area contributed by atoms with Crippen LogP contribution >= 0.6 is 12.4 Å². The number of carbonyl (C=O) groups excluding carboxylic acids is 1. The molecule has 1 saturated heterocycles. The van der Waals surface area contributed by atoms with Crippen LogP contribution in [0.5, 0.6) is 0 Å². The lowest BCUT2D eigenvalue weighted by atomic mass is 9.84. The van der Waals surface area contributed by atoms with E-state index in [0.29, 0.717) is 19.1 Å². The summed E-state index contributed by atoms with van der Waals surface area (Å²) in [6.45, 7) is 6.87. The van der Waals surface area contributed by atoms with E-state index in [1.165, 1.54) is 16.7 Å². The van der Waals surface area contributed by atoms with Gasteiger partial charge in [-0.05, 0) is 30.5 Å². The number of amides is 1. The minimum absolute atomic E-state index is 0. The van der Waals surface area contributed by atoms with E-state index in [-0.39, 0.29) is 24.5 Å². The first-order valence-electron chi connectivity index (χ1n) is 6.95. The molecule has 1 amide bonds. The van der Waals surface area contributed by atoms with E-state index < -0.39 is 0 Å². The molecule has 5 heteroatoms. The van der Waals surface area contributed by atoms with E-state index in [2.05, 4.69) is 30.4 Å². The Bertz CT molecular complexity index is 507.